The lowest BCUT2D eigenvalue weighted by molar-refractivity contribution is -0.144. The maximum absolute atomic E-state index is 10.6. The van der Waals surface area contributed by atoms with E-state index in [0.29, 0.717) is 6.42 Å². The van der Waals surface area contributed by atoms with E-state index in [1.165, 1.54) is 0 Å². The van der Waals surface area contributed by atoms with Crippen molar-refractivity contribution in [3.63, 3.8) is 0 Å². The molecule has 0 aromatic heterocycles. The number of carbonyl (C=O) groups is 1. The molecule has 1 rings (SSSR count). The topological polar surface area (TPSA) is 38.3 Å². The smallest absolute Gasteiger partial charge is 0.226 e. The molecule has 0 saturated carbocycles. The van der Waals surface area contributed by atoms with Crippen molar-refractivity contribution in [1.82, 2.24) is 5.32 Å². The van der Waals surface area contributed by atoms with Crippen molar-refractivity contribution < 1.29 is 9.53 Å². The molecule has 1 N–H and O–H groups in total. The number of rotatable bonds is 5. The highest BCUT2D eigenvalue weighted by molar-refractivity contribution is 9.12. The average Bonchev–Trinajstić information content (AvgIpc) is 2.09. The van der Waals surface area contributed by atoms with Crippen LogP contribution in [0.3, 0.4) is 0 Å². The Morgan fingerprint density at radius 3 is 2.54 bits per heavy atom. The number of amides is 1. The quantitative estimate of drug-likeness (QED) is 0.584. The van der Waals surface area contributed by atoms with Crippen molar-refractivity contribution in [2.75, 3.05) is 10.7 Å². The van der Waals surface area contributed by atoms with Crippen LogP contribution in [0.5, 0.6) is 0 Å². The van der Waals surface area contributed by atoms with Crippen LogP contribution in [0, 0.1) is 0 Å². The summed E-state index contributed by atoms with van der Waals surface area (Å²) in [6.45, 7) is 0. The molecule has 3 atom stereocenters. The first-order valence-electron chi connectivity index (χ1n) is 3.88. The fourth-order valence-electron chi connectivity index (χ4n) is 0.938. The summed E-state index contributed by atoms with van der Waals surface area (Å²) in [5.74, 6) is 0.0586. The van der Waals surface area contributed by atoms with Crippen LogP contribution in [-0.2, 0) is 9.53 Å². The SMILES string of the molecule is O=C1CC(OC(CBr)C(Br)CBr)N1. The van der Waals surface area contributed by atoms with E-state index < -0.39 is 0 Å². The maximum Gasteiger partial charge on any atom is 0.226 e. The molecule has 0 aromatic rings. The van der Waals surface area contributed by atoms with Gasteiger partial charge in [-0.25, -0.2) is 0 Å². The van der Waals surface area contributed by atoms with Gasteiger partial charge in [-0.3, -0.25) is 4.79 Å². The molecule has 13 heavy (non-hydrogen) atoms. The number of carbonyl (C=O) groups excluding carboxylic acids is 1. The molecule has 3 nitrogen and oxygen atoms in total. The second kappa shape index (κ2) is 5.68. The van der Waals surface area contributed by atoms with Gasteiger partial charge in [-0.2, -0.15) is 0 Å². The van der Waals surface area contributed by atoms with E-state index in [4.69, 9.17) is 4.74 Å². The van der Waals surface area contributed by atoms with Crippen LogP contribution in [0.1, 0.15) is 6.42 Å². The summed E-state index contributed by atoms with van der Waals surface area (Å²) in [5, 5.41) is 4.24. The summed E-state index contributed by atoms with van der Waals surface area (Å²) >= 11 is 10.2. The fraction of sp³-hybridized carbons (Fsp3) is 0.857. The van der Waals surface area contributed by atoms with Gasteiger partial charge in [0.05, 0.1) is 17.4 Å². The highest BCUT2D eigenvalue weighted by Crippen LogP contribution is 2.18. The molecule has 1 heterocycles. The number of nitrogens with one attached hydrogen (secondary N) is 1. The number of alkyl halides is 3. The predicted molar refractivity (Wildman–Crippen MR) is 61.7 cm³/mol. The van der Waals surface area contributed by atoms with Gasteiger partial charge in [-0.1, -0.05) is 47.8 Å². The lowest BCUT2D eigenvalue weighted by Gasteiger charge is -2.31. The van der Waals surface area contributed by atoms with Crippen LogP contribution < -0.4 is 5.32 Å². The van der Waals surface area contributed by atoms with E-state index in [9.17, 15) is 4.79 Å². The molecule has 0 spiro atoms. The molecule has 0 bridgehead atoms. The third-order valence-electron chi connectivity index (χ3n) is 1.73. The van der Waals surface area contributed by atoms with Crippen LogP contribution in [0.15, 0.2) is 0 Å². The minimum Gasteiger partial charge on any atom is -0.353 e. The normalized spacial score (nSPS) is 26.1. The minimum absolute atomic E-state index is 0.0586. The maximum atomic E-state index is 10.6. The summed E-state index contributed by atoms with van der Waals surface area (Å²) in [6.07, 6.45) is 0.449. The molecular formula is C7H10Br3NO2. The zero-order valence-corrected chi connectivity index (χ0v) is 11.6. The lowest BCUT2D eigenvalue weighted by Crippen LogP contribution is -2.52. The molecule has 1 fully saturated rings. The van der Waals surface area contributed by atoms with E-state index >= 15 is 0 Å². The van der Waals surface area contributed by atoms with Crippen molar-refractivity contribution in [1.29, 1.82) is 0 Å². The molecule has 76 valence electrons. The number of β-lactam (4-membered cyclic amide) rings is 1. The Hall–Kier alpha value is 0.870. The van der Waals surface area contributed by atoms with Gasteiger partial charge in [0, 0.05) is 10.7 Å². The summed E-state index contributed by atoms with van der Waals surface area (Å²) in [5.41, 5.74) is 0. The Labute approximate surface area is 102 Å². The standard InChI is InChI=1S/C7H10Br3NO2/c8-2-4(10)5(3-9)13-7-1-6(12)11-7/h4-5,7H,1-3H2,(H,11,12). The molecule has 1 aliphatic heterocycles. The van der Waals surface area contributed by atoms with E-state index in [-0.39, 0.29) is 23.1 Å². The Morgan fingerprint density at radius 1 is 1.54 bits per heavy atom. The Kier molecular flexibility index (Phi) is 5.22. The predicted octanol–water partition coefficient (Wildman–Crippen LogP) is 1.77. The third kappa shape index (κ3) is 3.49. The molecule has 6 heteroatoms. The first kappa shape index (κ1) is 11.9. The molecule has 3 unspecified atom stereocenters. The van der Waals surface area contributed by atoms with Gasteiger partial charge >= 0.3 is 0 Å². The van der Waals surface area contributed by atoms with Crippen LogP contribution in [0.25, 0.3) is 0 Å². The van der Waals surface area contributed by atoms with E-state index in [1.54, 1.807) is 0 Å². The van der Waals surface area contributed by atoms with Gasteiger partial charge < -0.3 is 10.1 Å². The Balaban J connectivity index is 2.27. The highest BCUT2D eigenvalue weighted by Gasteiger charge is 2.30. The molecule has 1 saturated heterocycles. The van der Waals surface area contributed by atoms with Gasteiger partial charge in [0.1, 0.15) is 6.23 Å². The number of hydrogen-bond acceptors (Lipinski definition) is 2. The van der Waals surface area contributed by atoms with Crippen molar-refractivity contribution in [3.8, 4) is 0 Å². The van der Waals surface area contributed by atoms with Crippen molar-refractivity contribution in [3.05, 3.63) is 0 Å². The Morgan fingerprint density at radius 2 is 2.15 bits per heavy atom. The van der Waals surface area contributed by atoms with Gasteiger partial charge in [0.25, 0.3) is 0 Å². The second-order valence-electron chi connectivity index (χ2n) is 2.76. The molecule has 1 amide bonds. The molecule has 0 aromatic carbocycles. The molecule has 0 aliphatic carbocycles. The molecule has 0 radical (unpaired) electrons. The summed E-state index contributed by atoms with van der Waals surface area (Å²) in [6, 6.07) is 0. The van der Waals surface area contributed by atoms with Crippen molar-refractivity contribution in [2.45, 2.75) is 23.6 Å². The van der Waals surface area contributed by atoms with Gasteiger partial charge in [0.15, 0.2) is 0 Å². The van der Waals surface area contributed by atoms with Crippen molar-refractivity contribution in [2.24, 2.45) is 0 Å². The average molecular weight is 380 g/mol. The molecule has 1 aliphatic rings. The number of ether oxygens (including phenoxy) is 1. The van der Waals surface area contributed by atoms with E-state index in [2.05, 4.69) is 53.1 Å². The first-order chi connectivity index (χ1) is 6.17. The van der Waals surface area contributed by atoms with Gasteiger partial charge in [-0.15, -0.1) is 0 Å². The van der Waals surface area contributed by atoms with E-state index in [0.717, 1.165) is 10.7 Å². The van der Waals surface area contributed by atoms with Crippen LogP contribution in [-0.4, -0.2) is 33.7 Å². The Bertz CT molecular complexity index is 183. The van der Waals surface area contributed by atoms with Gasteiger partial charge in [-0.05, 0) is 0 Å². The summed E-state index contributed by atoms with van der Waals surface area (Å²) < 4.78 is 5.60. The summed E-state index contributed by atoms with van der Waals surface area (Å²) in [7, 11) is 0. The van der Waals surface area contributed by atoms with E-state index in [1.807, 2.05) is 0 Å². The van der Waals surface area contributed by atoms with Crippen LogP contribution in [0.2, 0.25) is 0 Å². The first-order valence-corrected chi connectivity index (χ1v) is 7.04. The number of hydrogen-bond donors (Lipinski definition) is 1. The lowest BCUT2D eigenvalue weighted by atomic mass is 10.2. The minimum atomic E-state index is -0.103. The van der Waals surface area contributed by atoms with Crippen molar-refractivity contribution >= 4 is 53.7 Å². The number of halogens is 3. The second-order valence-corrected chi connectivity index (χ2v) is 5.23. The van der Waals surface area contributed by atoms with Gasteiger partial charge in [0.2, 0.25) is 5.91 Å². The zero-order valence-electron chi connectivity index (χ0n) is 6.80. The summed E-state index contributed by atoms with van der Waals surface area (Å²) in [4.78, 5) is 10.8. The van der Waals surface area contributed by atoms with Crippen LogP contribution in [0.4, 0.5) is 0 Å². The fourth-order valence-corrected chi connectivity index (χ4v) is 2.77. The zero-order chi connectivity index (χ0) is 9.84. The molecular weight excluding hydrogens is 370 g/mol. The third-order valence-corrected chi connectivity index (χ3v) is 4.85. The largest absolute Gasteiger partial charge is 0.353 e. The highest BCUT2D eigenvalue weighted by atomic mass is 79.9. The van der Waals surface area contributed by atoms with Crippen LogP contribution >= 0.6 is 47.8 Å². The monoisotopic (exact) mass is 377 g/mol.